The second-order valence-corrected chi connectivity index (χ2v) is 21.7. The summed E-state index contributed by atoms with van der Waals surface area (Å²) in [6.45, 7) is 9.13. The van der Waals surface area contributed by atoms with Crippen LogP contribution in [0.2, 0.25) is 0 Å². The third-order valence-corrected chi connectivity index (χ3v) is 14.3. The first-order chi connectivity index (χ1) is 30.0. The molecule has 1 unspecified atom stereocenters. The molecule has 2 aliphatic heterocycles. The lowest BCUT2D eigenvalue weighted by molar-refractivity contribution is -0.437. The molecule has 2 aromatic carbocycles. The maximum Gasteiger partial charge on any atom is 0.407 e. The molecule has 5 N–H and O–H groups in total. The van der Waals surface area contributed by atoms with E-state index in [2.05, 4.69) is 27.7 Å². The van der Waals surface area contributed by atoms with Crippen LogP contribution in [-0.4, -0.2) is 99.2 Å². The molecule has 64 heavy (non-hydrogen) atoms. The molecule has 0 fully saturated rings. The first-order valence-corrected chi connectivity index (χ1v) is 26.0. The van der Waals surface area contributed by atoms with E-state index in [9.17, 15) is 48.5 Å². The van der Waals surface area contributed by atoms with E-state index in [1.165, 1.54) is 24.3 Å². The fourth-order valence-electron chi connectivity index (χ4n) is 8.46. The highest BCUT2D eigenvalue weighted by Crippen LogP contribution is 2.48. The molecule has 19 heteroatoms. The summed E-state index contributed by atoms with van der Waals surface area (Å²) in [4.78, 5) is 26.5. The molecular weight excluding hydrogens is 885 g/mol. The van der Waals surface area contributed by atoms with E-state index in [0.29, 0.717) is 55.7 Å². The fraction of sp³-hybridized carbons (Fsp3) is 0.489. The van der Waals surface area contributed by atoms with Gasteiger partial charge >= 0.3 is 6.09 Å². The summed E-state index contributed by atoms with van der Waals surface area (Å²) in [5, 5.41) is 5.67. The van der Waals surface area contributed by atoms with E-state index in [-0.39, 0.29) is 41.2 Å². The average molecular weight is 946 g/mol. The van der Waals surface area contributed by atoms with Crippen molar-refractivity contribution in [3.63, 3.8) is 0 Å². The highest BCUT2D eigenvalue weighted by atomic mass is 32.2. The molecule has 5 rings (SSSR count). The Morgan fingerprint density at radius 1 is 0.797 bits per heavy atom. The lowest BCUT2D eigenvalue weighted by Gasteiger charge is -2.27. The second-order valence-electron chi connectivity index (χ2n) is 17.3. The molecule has 2 amide bonds. The van der Waals surface area contributed by atoms with E-state index in [1.54, 1.807) is 24.3 Å². The van der Waals surface area contributed by atoms with Crippen LogP contribution in [-0.2, 0) is 50.7 Å². The monoisotopic (exact) mass is 945 g/mol. The number of carbonyl (C=O) groups excluding carboxylic acids is 2. The third-order valence-electron chi connectivity index (χ3n) is 11.8. The van der Waals surface area contributed by atoms with Gasteiger partial charge in [0.05, 0.1) is 21.0 Å². The van der Waals surface area contributed by atoms with Crippen LogP contribution in [0.3, 0.4) is 0 Å². The first kappa shape index (κ1) is 50.3. The SMILES string of the molecule is CC1(C)C(/C=C/C=C/C=C2/N(CCCCC(=O)NCCCNC(=O)OC3CC/C=C\CCC3)c3ccc(S(=O)(=O)O)cc3C2(C)C)=[N+](CCCS(=O)(=O)O)c2ccc(S(=O)(=O)O)cc21. The van der Waals surface area contributed by atoms with Crippen molar-refractivity contribution in [3.05, 3.63) is 95.8 Å². The maximum atomic E-state index is 12.7. The zero-order valence-electron chi connectivity index (χ0n) is 36.8. The zero-order chi connectivity index (χ0) is 46.9. The molecular formula is C45H61N4O12S3+. The van der Waals surface area contributed by atoms with Gasteiger partial charge in [-0.15, -0.1) is 0 Å². The quantitative estimate of drug-likeness (QED) is 0.0317. The van der Waals surface area contributed by atoms with Crippen molar-refractivity contribution in [1.29, 1.82) is 0 Å². The van der Waals surface area contributed by atoms with Gasteiger partial charge in [0.15, 0.2) is 5.71 Å². The Balaban J connectivity index is 1.25. The van der Waals surface area contributed by atoms with Gasteiger partial charge in [0, 0.05) is 67.0 Å². The molecule has 3 aliphatic rings. The van der Waals surface area contributed by atoms with Crippen molar-refractivity contribution in [2.75, 3.05) is 36.8 Å². The number of ether oxygens (including phenoxy) is 1. The number of nitrogens with zero attached hydrogens (tertiary/aromatic N) is 2. The number of nitrogens with one attached hydrogen (secondary N) is 2. The van der Waals surface area contributed by atoms with Crippen LogP contribution in [0.15, 0.2) is 94.4 Å². The third kappa shape index (κ3) is 13.2. The van der Waals surface area contributed by atoms with Crippen molar-refractivity contribution < 1.29 is 57.8 Å². The minimum Gasteiger partial charge on any atom is -0.446 e. The van der Waals surface area contributed by atoms with Crippen molar-refractivity contribution in [2.45, 2.75) is 119 Å². The topological polar surface area (TPSA) is 237 Å². The van der Waals surface area contributed by atoms with Crippen LogP contribution in [0.4, 0.5) is 16.2 Å². The van der Waals surface area contributed by atoms with Gasteiger partial charge in [-0.3, -0.25) is 18.5 Å². The number of benzene rings is 2. The van der Waals surface area contributed by atoms with E-state index in [4.69, 9.17) is 4.74 Å². The highest BCUT2D eigenvalue weighted by Gasteiger charge is 2.45. The standard InChI is InChI=1S/C45H60N4O12S3/c1-44(2)36-31-34(63(55,56)57)22-24-38(36)48(28-14-13-21-42(50)46-26-15-27-47-43(51)61-33-17-9-6-5-7-10-18-33)40(44)19-11-8-12-20-41-45(3,4)37-32-35(64(58,59)60)23-25-39(37)49(41)29-16-30-62(52,53)54/h5-6,8,11-12,19-20,22-25,31-33H,7,9-10,13-18,21,26-30H2,1-4H3,(H4-,46,47,50,51,52,53,54,55,56,57,58,59,60)/p+1/b6-5-. The fourth-order valence-corrected chi connectivity index (χ4v) is 9.97. The van der Waals surface area contributed by atoms with Gasteiger partial charge < -0.3 is 20.3 Å². The molecule has 350 valence electrons. The number of rotatable bonds is 19. The Labute approximate surface area is 377 Å². The molecule has 2 heterocycles. The Bertz CT molecular complexity index is 2560. The van der Waals surface area contributed by atoms with Crippen LogP contribution in [0.1, 0.15) is 103 Å². The molecule has 0 bridgehead atoms. The number of hydrogen-bond acceptors (Lipinski definition) is 10. The minimum atomic E-state index is -4.50. The Morgan fingerprint density at radius 2 is 1.47 bits per heavy atom. The van der Waals surface area contributed by atoms with E-state index in [1.807, 2.05) is 50.5 Å². The van der Waals surface area contributed by atoms with E-state index in [0.717, 1.165) is 49.2 Å². The van der Waals surface area contributed by atoms with Gasteiger partial charge in [0.25, 0.3) is 30.4 Å². The van der Waals surface area contributed by atoms with Crippen LogP contribution in [0.5, 0.6) is 0 Å². The van der Waals surface area contributed by atoms with Crippen molar-refractivity contribution >= 4 is 59.4 Å². The molecule has 0 saturated carbocycles. The first-order valence-electron chi connectivity index (χ1n) is 21.5. The molecule has 16 nitrogen and oxygen atoms in total. The lowest BCUT2D eigenvalue weighted by Crippen LogP contribution is -2.32. The van der Waals surface area contributed by atoms with Crippen LogP contribution < -0.4 is 15.5 Å². The molecule has 1 aliphatic carbocycles. The number of unbranched alkanes of at least 4 members (excludes halogenated alkanes) is 1. The number of allylic oxidation sites excluding steroid dienone is 8. The Kier molecular flexibility index (Phi) is 16.6. The summed E-state index contributed by atoms with van der Waals surface area (Å²) in [6, 6.07) is 8.73. The second kappa shape index (κ2) is 21.1. The van der Waals surface area contributed by atoms with Crippen molar-refractivity contribution in [2.24, 2.45) is 0 Å². The van der Waals surface area contributed by atoms with Gasteiger partial charge in [-0.1, -0.05) is 44.2 Å². The summed E-state index contributed by atoms with van der Waals surface area (Å²) in [5.74, 6) is -0.587. The number of alkyl carbamates (subject to hydrolysis) is 1. The van der Waals surface area contributed by atoms with Crippen LogP contribution in [0.25, 0.3) is 0 Å². The summed E-state index contributed by atoms with van der Waals surface area (Å²) in [6.07, 6.45) is 19.5. The normalized spacial score (nSPS) is 19.7. The number of anilines is 1. The predicted molar refractivity (Wildman–Crippen MR) is 245 cm³/mol. The summed E-state index contributed by atoms with van der Waals surface area (Å²) >= 11 is 0. The van der Waals surface area contributed by atoms with Gasteiger partial charge in [-0.25, -0.2) is 4.79 Å². The van der Waals surface area contributed by atoms with Gasteiger partial charge in [0.2, 0.25) is 11.6 Å². The van der Waals surface area contributed by atoms with Crippen LogP contribution >= 0.6 is 0 Å². The number of fused-ring (bicyclic) bond motifs is 2. The summed E-state index contributed by atoms with van der Waals surface area (Å²) in [5.41, 5.74) is 2.78. The van der Waals surface area contributed by atoms with E-state index < -0.39 is 53.0 Å². The smallest absolute Gasteiger partial charge is 0.407 e. The zero-order valence-corrected chi connectivity index (χ0v) is 39.3. The molecule has 2 aromatic rings. The number of amides is 2. The van der Waals surface area contributed by atoms with E-state index >= 15 is 0 Å². The number of carbonyl (C=O) groups is 2. The van der Waals surface area contributed by atoms with Crippen LogP contribution in [0, 0.1) is 0 Å². The molecule has 0 spiro atoms. The molecule has 0 aromatic heterocycles. The molecule has 0 saturated heterocycles. The Morgan fingerprint density at radius 3 is 2.17 bits per heavy atom. The van der Waals surface area contributed by atoms with Gasteiger partial charge in [-0.2, -0.15) is 29.8 Å². The largest absolute Gasteiger partial charge is 0.446 e. The Hall–Kier alpha value is -4.66. The molecule has 0 radical (unpaired) electrons. The maximum absolute atomic E-state index is 12.7. The summed E-state index contributed by atoms with van der Waals surface area (Å²) in [7, 11) is -13.2. The van der Waals surface area contributed by atoms with Crippen molar-refractivity contribution in [1.82, 2.24) is 10.6 Å². The number of hydrogen-bond donors (Lipinski definition) is 5. The minimum absolute atomic E-state index is 0.0825. The lowest BCUT2D eigenvalue weighted by atomic mass is 9.81. The van der Waals surface area contributed by atoms with Gasteiger partial charge in [-0.05, 0) is 107 Å². The highest BCUT2D eigenvalue weighted by molar-refractivity contribution is 7.86. The summed E-state index contributed by atoms with van der Waals surface area (Å²) < 4.78 is 108. The van der Waals surface area contributed by atoms with Gasteiger partial charge in [0.1, 0.15) is 12.6 Å². The average Bonchev–Trinajstić information content (AvgIpc) is 3.53. The van der Waals surface area contributed by atoms with Crippen molar-refractivity contribution in [3.8, 4) is 0 Å². The predicted octanol–water partition coefficient (Wildman–Crippen LogP) is 6.92. The molecule has 1 atom stereocenters.